The van der Waals surface area contributed by atoms with Crippen molar-refractivity contribution in [3.05, 3.63) is 18.2 Å². The van der Waals surface area contributed by atoms with Gasteiger partial charge in [-0.1, -0.05) is 0 Å². The van der Waals surface area contributed by atoms with E-state index in [1.807, 2.05) is 25.1 Å². The number of halogens is 1. The summed E-state index contributed by atoms with van der Waals surface area (Å²) in [4.78, 5) is 7.15. The largest absolute Gasteiger partial charge is 0.493 e. The zero-order valence-electron chi connectivity index (χ0n) is 16.8. The molecule has 2 rings (SSSR count). The number of rotatable bonds is 8. The third-order valence-corrected chi connectivity index (χ3v) is 4.25. The molecule has 1 fully saturated rings. The second-order valence-corrected chi connectivity index (χ2v) is 6.14. The topological polar surface area (TPSA) is 67.4 Å². The normalized spacial score (nSPS) is 16.2. The van der Waals surface area contributed by atoms with Crippen LogP contribution in [0.25, 0.3) is 0 Å². The summed E-state index contributed by atoms with van der Waals surface area (Å²) in [5.41, 5.74) is 0.907. The van der Waals surface area contributed by atoms with E-state index < -0.39 is 0 Å². The standard InChI is InChI=1S/C19H32N4O3.HI/c1-5-20-19(21-14-15(3)23-9-11-25-12-10-23)22-16-7-8-17(26-6-2)18(13-16)24-4;/h7-8,13,15H,5-6,9-12,14H2,1-4H3,(H2,20,21,22);1H. The fraction of sp³-hybridized carbons (Fsp3) is 0.632. The lowest BCUT2D eigenvalue weighted by atomic mass is 10.2. The summed E-state index contributed by atoms with van der Waals surface area (Å²) in [6.45, 7) is 11.9. The number of ether oxygens (including phenoxy) is 3. The van der Waals surface area contributed by atoms with Crippen molar-refractivity contribution in [2.45, 2.75) is 26.8 Å². The Bertz CT molecular complexity index is 580. The lowest BCUT2D eigenvalue weighted by molar-refractivity contribution is 0.0220. The van der Waals surface area contributed by atoms with Gasteiger partial charge in [0.2, 0.25) is 0 Å². The van der Waals surface area contributed by atoms with Crippen molar-refractivity contribution < 1.29 is 14.2 Å². The molecule has 2 N–H and O–H groups in total. The zero-order chi connectivity index (χ0) is 18.8. The van der Waals surface area contributed by atoms with Gasteiger partial charge in [0.1, 0.15) is 0 Å². The van der Waals surface area contributed by atoms with Crippen LogP contribution in [0.1, 0.15) is 20.8 Å². The number of nitrogens with zero attached hydrogens (tertiary/aromatic N) is 2. The quantitative estimate of drug-likeness (QED) is 0.331. The lowest BCUT2D eigenvalue weighted by Crippen LogP contribution is -2.44. The molecule has 1 unspecified atom stereocenters. The van der Waals surface area contributed by atoms with E-state index in [-0.39, 0.29) is 24.0 Å². The first-order chi connectivity index (χ1) is 12.7. The molecular weight excluding hydrogens is 459 g/mol. The van der Waals surface area contributed by atoms with Gasteiger partial charge in [0.05, 0.1) is 33.5 Å². The van der Waals surface area contributed by atoms with Gasteiger partial charge in [0.15, 0.2) is 17.5 Å². The van der Waals surface area contributed by atoms with Gasteiger partial charge in [-0.05, 0) is 32.9 Å². The predicted molar refractivity (Wildman–Crippen MR) is 121 cm³/mol. The van der Waals surface area contributed by atoms with Crippen LogP contribution in [0.4, 0.5) is 5.69 Å². The van der Waals surface area contributed by atoms with Crippen LogP contribution in [0.3, 0.4) is 0 Å². The molecule has 1 saturated heterocycles. The number of guanidine groups is 1. The van der Waals surface area contributed by atoms with Gasteiger partial charge < -0.3 is 24.8 Å². The molecule has 0 amide bonds. The maximum absolute atomic E-state index is 5.57. The highest BCUT2D eigenvalue weighted by Gasteiger charge is 2.16. The van der Waals surface area contributed by atoms with E-state index in [1.165, 1.54) is 0 Å². The van der Waals surface area contributed by atoms with Gasteiger partial charge in [-0.2, -0.15) is 0 Å². The van der Waals surface area contributed by atoms with E-state index in [9.17, 15) is 0 Å². The van der Waals surface area contributed by atoms with Crippen molar-refractivity contribution in [2.24, 2.45) is 4.99 Å². The van der Waals surface area contributed by atoms with Gasteiger partial charge in [-0.3, -0.25) is 9.89 Å². The molecule has 1 aromatic carbocycles. The molecule has 1 atom stereocenters. The smallest absolute Gasteiger partial charge is 0.195 e. The van der Waals surface area contributed by atoms with Crippen LogP contribution < -0.4 is 20.1 Å². The summed E-state index contributed by atoms with van der Waals surface area (Å²) in [6, 6.07) is 6.17. The Morgan fingerprint density at radius 3 is 2.63 bits per heavy atom. The van der Waals surface area contributed by atoms with Crippen molar-refractivity contribution in [2.75, 3.05) is 58.4 Å². The molecule has 0 spiro atoms. The summed E-state index contributed by atoms with van der Waals surface area (Å²) < 4.78 is 16.4. The first kappa shape index (κ1) is 23.8. The molecule has 0 radical (unpaired) electrons. The molecule has 0 aliphatic carbocycles. The number of nitrogens with one attached hydrogen (secondary N) is 2. The summed E-state index contributed by atoms with van der Waals surface area (Å²) in [5, 5.41) is 6.63. The average Bonchev–Trinajstić information content (AvgIpc) is 2.68. The SMILES string of the molecule is CCNC(=NCC(C)N1CCOCC1)Nc1ccc(OCC)c(OC)c1.I. The van der Waals surface area contributed by atoms with Gasteiger partial charge in [-0.25, -0.2) is 0 Å². The van der Waals surface area contributed by atoms with Crippen LogP contribution in [0.15, 0.2) is 23.2 Å². The van der Waals surface area contributed by atoms with Crippen molar-refractivity contribution >= 4 is 35.6 Å². The van der Waals surface area contributed by atoms with E-state index in [0.29, 0.717) is 18.4 Å². The molecule has 1 aromatic rings. The number of hydrogen-bond donors (Lipinski definition) is 2. The van der Waals surface area contributed by atoms with Crippen molar-refractivity contribution in [1.29, 1.82) is 0 Å². The van der Waals surface area contributed by atoms with Gasteiger partial charge >= 0.3 is 0 Å². The van der Waals surface area contributed by atoms with Crippen LogP contribution in [-0.2, 0) is 4.74 Å². The fourth-order valence-electron chi connectivity index (χ4n) is 2.82. The van der Waals surface area contributed by atoms with E-state index in [0.717, 1.165) is 56.8 Å². The van der Waals surface area contributed by atoms with E-state index in [4.69, 9.17) is 19.2 Å². The lowest BCUT2D eigenvalue weighted by Gasteiger charge is -2.31. The highest BCUT2D eigenvalue weighted by atomic mass is 127. The molecule has 1 heterocycles. The molecule has 1 aliphatic heterocycles. The Labute approximate surface area is 179 Å². The van der Waals surface area contributed by atoms with Gasteiger partial charge in [0, 0.05) is 37.4 Å². The Morgan fingerprint density at radius 1 is 1.26 bits per heavy atom. The van der Waals surface area contributed by atoms with E-state index >= 15 is 0 Å². The summed E-state index contributed by atoms with van der Waals surface area (Å²) in [5.74, 6) is 2.21. The minimum absolute atomic E-state index is 0. The Morgan fingerprint density at radius 2 is 2.00 bits per heavy atom. The molecule has 0 saturated carbocycles. The van der Waals surface area contributed by atoms with Crippen molar-refractivity contribution in [1.82, 2.24) is 10.2 Å². The molecule has 1 aliphatic rings. The number of benzene rings is 1. The number of hydrogen-bond acceptors (Lipinski definition) is 5. The van der Waals surface area contributed by atoms with Crippen LogP contribution in [0, 0.1) is 0 Å². The van der Waals surface area contributed by atoms with Crippen LogP contribution in [-0.4, -0.2) is 70.0 Å². The monoisotopic (exact) mass is 492 g/mol. The maximum atomic E-state index is 5.57. The first-order valence-corrected chi connectivity index (χ1v) is 9.35. The second kappa shape index (κ2) is 13.0. The average molecular weight is 492 g/mol. The molecule has 8 heteroatoms. The van der Waals surface area contributed by atoms with Crippen LogP contribution in [0.2, 0.25) is 0 Å². The Hall–Kier alpha value is -1.26. The zero-order valence-corrected chi connectivity index (χ0v) is 19.1. The maximum Gasteiger partial charge on any atom is 0.195 e. The van der Waals surface area contributed by atoms with Crippen LogP contribution in [0.5, 0.6) is 11.5 Å². The van der Waals surface area contributed by atoms with Crippen molar-refractivity contribution in [3.8, 4) is 11.5 Å². The third kappa shape index (κ3) is 7.71. The molecule has 154 valence electrons. The summed E-state index contributed by atoms with van der Waals surface area (Å²) in [6.07, 6.45) is 0. The minimum Gasteiger partial charge on any atom is -0.493 e. The molecule has 7 nitrogen and oxygen atoms in total. The number of aliphatic imine (C=N–C) groups is 1. The van der Waals surface area contributed by atoms with Crippen molar-refractivity contribution in [3.63, 3.8) is 0 Å². The van der Waals surface area contributed by atoms with E-state index in [1.54, 1.807) is 7.11 Å². The Kier molecular flexibility index (Phi) is 11.5. The molecule has 27 heavy (non-hydrogen) atoms. The molecule has 0 aromatic heterocycles. The van der Waals surface area contributed by atoms with Gasteiger partial charge in [-0.15, -0.1) is 24.0 Å². The van der Waals surface area contributed by atoms with Crippen LogP contribution >= 0.6 is 24.0 Å². The number of anilines is 1. The second-order valence-electron chi connectivity index (χ2n) is 6.14. The highest BCUT2D eigenvalue weighted by molar-refractivity contribution is 14.0. The minimum atomic E-state index is 0. The third-order valence-electron chi connectivity index (χ3n) is 4.25. The molecule has 0 bridgehead atoms. The first-order valence-electron chi connectivity index (χ1n) is 9.35. The predicted octanol–water partition coefficient (Wildman–Crippen LogP) is 2.81. The molecular formula is C19H33IN4O3. The summed E-state index contributed by atoms with van der Waals surface area (Å²) >= 11 is 0. The fourth-order valence-corrected chi connectivity index (χ4v) is 2.82. The highest BCUT2D eigenvalue weighted by Crippen LogP contribution is 2.30. The van der Waals surface area contributed by atoms with E-state index in [2.05, 4.69) is 29.4 Å². The summed E-state index contributed by atoms with van der Waals surface area (Å²) in [7, 11) is 1.64. The number of methoxy groups -OCH3 is 1. The Balaban J connectivity index is 0.00000364. The van der Waals surface area contributed by atoms with Gasteiger partial charge in [0.25, 0.3) is 0 Å². The number of morpholine rings is 1.